The van der Waals surface area contributed by atoms with Gasteiger partial charge in [-0.15, -0.1) is 0 Å². The van der Waals surface area contributed by atoms with Crippen molar-refractivity contribution in [2.24, 2.45) is 5.92 Å². The maximum atomic E-state index is 13.0. The average Bonchev–Trinajstić information content (AvgIpc) is 2.89. The number of carbonyl (C=O) groups excluding carboxylic acids is 2. The normalized spacial score (nSPS) is 21.7. The molecule has 2 N–H and O–H groups in total. The molecule has 2 aromatic rings. The van der Waals surface area contributed by atoms with Crippen molar-refractivity contribution >= 4 is 11.7 Å². The monoisotopic (exact) mass is 379 g/mol. The molecule has 0 radical (unpaired) electrons. The van der Waals surface area contributed by atoms with Crippen molar-refractivity contribution in [1.29, 1.82) is 0 Å². The van der Waals surface area contributed by atoms with Crippen molar-refractivity contribution in [3.05, 3.63) is 70.3 Å². The summed E-state index contributed by atoms with van der Waals surface area (Å²) < 4.78 is 0. The maximum absolute atomic E-state index is 13.0. The lowest BCUT2D eigenvalue weighted by molar-refractivity contribution is -0.128. The second-order valence-corrected chi connectivity index (χ2v) is 7.98. The third-order valence-electron chi connectivity index (χ3n) is 5.68. The van der Waals surface area contributed by atoms with E-state index in [-0.39, 0.29) is 18.1 Å². The van der Waals surface area contributed by atoms with E-state index in [1.165, 1.54) is 5.56 Å². The second-order valence-electron chi connectivity index (χ2n) is 7.98. The SMILES string of the molecule is Cc1cc(C)c(C2C(=O)C(CC(=O)NCCc3ccccc3)CC2O)c(C)c1. The van der Waals surface area contributed by atoms with Gasteiger partial charge in [0.25, 0.3) is 0 Å². The fraction of sp³-hybridized carbons (Fsp3) is 0.417. The van der Waals surface area contributed by atoms with Gasteiger partial charge in [0, 0.05) is 18.9 Å². The number of Topliss-reactive ketones (excluding diaryl/α,β-unsaturated/α-hetero) is 1. The number of ketones is 1. The fourth-order valence-corrected chi connectivity index (χ4v) is 4.47. The van der Waals surface area contributed by atoms with Crippen LogP contribution in [0.5, 0.6) is 0 Å². The number of aliphatic hydroxyl groups excluding tert-OH is 1. The standard InChI is InChI=1S/C24H29NO3/c1-15-11-16(2)22(17(3)12-15)23-20(26)13-19(24(23)28)14-21(27)25-10-9-18-7-5-4-6-8-18/h4-8,11-12,19-20,23,26H,9-10,13-14H2,1-3H3,(H,25,27). The van der Waals surface area contributed by atoms with Gasteiger partial charge in [0.1, 0.15) is 5.78 Å². The molecular formula is C24H29NO3. The van der Waals surface area contributed by atoms with Crippen molar-refractivity contribution < 1.29 is 14.7 Å². The van der Waals surface area contributed by atoms with Crippen LogP contribution in [-0.4, -0.2) is 29.4 Å². The molecule has 1 aliphatic rings. The third kappa shape index (κ3) is 4.50. The van der Waals surface area contributed by atoms with Crippen LogP contribution in [0.25, 0.3) is 0 Å². The molecule has 0 saturated heterocycles. The van der Waals surface area contributed by atoms with E-state index in [1.807, 2.05) is 63.2 Å². The molecule has 1 fully saturated rings. The van der Waals surface area contributed by atoms with Crippen LogP contribution in [0.4, 0.5) is 0 Å². The Kier molecular flexibility index (Phi) is 6.30. The predicted molar refractivity (Wildman–Crippen MR) is 110 cm³/mol. The molecule has 148 valence electrons. The zero-order chi connectivity index (χ0) is 20.3. The van der Waals surface area contributed by atoms with Crippen LogP contribution in [0.3, 0.4) is 0 Å². The molecule has 0 aliphatic heterocycles. The highest BCUT2D eigenvalue weighted by atomic mass is 16.3. The summed E-state index contributed by atoms with van der Waals surface area (Å²) in [5, 5.41) is 13.5. The molecule has 3 unspecified atom stereocenters. The molecule has 3 rings (SSSR count). The molecule has 1 amide bonds. The lowest BCUT2D eigenvalue weighted by atomic mass is 9.86. The quantitative estimate of drug-likeness (QED) is 0.808. The molecule has 0 heterocycles. The number of aryl methyl sites for hydroxylation is 3. The zero-order valence-electron chi connectivity index (χ0n) is 16.9. The lowest BCUT2D eigenvalue weighted by Gasteiger charge is -2.19. The first-order valence-electron chi connectivity index (χ1n) is 9.97. The summed E-state index contributed by atoms with van der Waals surface area (Å²) in [4.78, 5) is 25.3. The Morgan fingerprint density at radius 2 is 1.75 bits per heavy atom. The van der Waals surface area contributed by atoms with Gasteiger partial charge in [-0.25, -0.2) is 0 Å². The molecule has 0 spiro atoms. The average molecular weight is 380 g/mol. The van der Waals surface area contributed by atoms with Gasteiger partial charge in [0.15, 0.2) is 0 Å². The van der Waals surface area contributed by atoms with Gasteiger partial charge in [-0.1, -0.05) is 48.0 Å². The molecule has 0 aromatic heterocycles. The number of nitrogens with one attached hydrogen (secondary N) is 1. The Balaban J connectivity index is 1.60. The number of aliphatic hydroxyl groups is 1. The summed E-state index contributed by atoms with van der Waals surface area (Å²) in [6.45, 7) is 6.54. The Hall–Kier alpha value is -2.46. The summed E-state index contributed by atoms with van der Waals surface area (Å²) in [6.07, 6.45) is 0.529. The number of rotatable bonds is 6. The van der Waals surface area contributed by atoms with Crippen LogP contribution >= 0.6 is 0 Å². The van der Waals surface area contributed by atoms with Gasteiger partial charge in [0.05, 0.1) is 12.0 Å². The van der Waals surface area contributed by atoms with E-state index in [0.29, 0.717) is 13.0 Å². The minimum atomic E-state index is -0.727. The number of benzene rings is 2. The van der Waals surface area contributed by atoms with Crippen LogP contribution in [0.15, 0.2) is 42.5 Å². The van der Waals surface area contributed by atoms with E-state index >= 15 is 0 Å². The first kappa shape index (κ1) is 20.3. The van der Waals surface area contributed by atoms with Gasteiger partial charge in [-0.05, 0) is 55.9 Å². The molecule has 0 bridgehead atoms. The van der Waals surface area contributed by atoms with Crippen molar-refractivity contribution in [3.63, 3.8) is 0 Å². The zero-order valence-corrected chi connectivity index (χ0v) is 16.9. The van der Waals surface area contributed by atoms with Gasteiger partial charge < -0.3 is 10.4 Å². The molecule has 28 heavy (non-hydrogen) atoms. The predicted octanol–water partition coefficient (Wildman–Crippen LogP) is 3.39. The summed E-state index contributed by atoms with van der Waals surface area (Å²) in [5.74, 6) is -1.08. The summed E-state index contributed by atoms with van der Waals surface area (Å²) in [5.41, 5.74) is 5.30. The number of carbonyl (C=O) groups is 2. The highest BCUT2D eigenvalue weighted by Gasteiger charge is 2.43. The van der Waals surface area contributed by atoms with Crippen LogP contribution in [-0.2, 0) is 16.0 Å². The molecule has 1 aliphatic carbocycles. The van der Waals surface area contributed by atoms with Gasteiger partial charge in [-0.3, -0.25) is 9.59 Å². The topological polar surface area (TPSA) is 66.4 Å². The van der Waals surface area contributed by atoms with Crippen LogP contribution in [0, 0.1) is 26.7 Å². The Labute approximate surface area is 167 Å². The first-order chi connectivity index (χ1) is 13.4. The third-order valence-corrected chi connectivity index (χ3v) is 5.68. The summed E-state index contributed by atoms with van der Waals surface area (Å²) in [6, 6.07) is 14.1. The Morgan fingerprint density at radius 3 is 2.39 bits per heavy atom. The number of hydrogen-bond donors (Lipinski definition) is 2. The first-order valence-corrected chi connectivity index (χ1v) is 9.97. The van der Waals surface area contributed by atoms with Crippen LogP contribution < -0.4 is 5.32 Å². The molecule has 4 nitrogen and oxygen atoms in total. The molecule has 4 heteroatoms. The van der Waals surface area contributed by atoms with E-state index in [0.717, 1.165) is 28.7 Å². The highest BCUT2D eigenvalue weighted by Crippen LogP contribution is 2.40. The van der Waals surface area contributed by atoms with E-state index in [1.54, 1.807) is 0 Å². The summed E-state index contributed by atoms with van der Waals surface area (Å²) >= 11 is 0. The van der Waals surface area contributed by atoms with E-state index < -0.39 is 17.9 Å². The highest BCUT2D eigenvalue weighted by molar-refractivity contribution is 5.94. The van der Waals surface area contributed by atoms with E-state index in [9.17, 15) is 14.7 Å². The number of amides is 1. The van der Waals surface area contributed by atoms with Crippen molar-refractivity contribution in [3.8, 4) is 0 Å². The van der Waals surface area contributed by atoms with Crippen molar-refractivity contribution in [2.45, 2.75) is 52.1 Å². The van der Waals surface area contributed by atoms with Crippen LogP contribution in [0.2, 0.25) is 0 Å². The molecule has 2 aromatic carbocycles. The number of hydrogen-bond acceptors (Lipinski definition) is 3. The van der Waals surface area contributed by atoms with Crippen LogP contribution in [0.1, 0.15) is 46.6 Å². The van der Waals surface area contributed by atoms with Crippen molar-refractivity contribution in [2.75, 3.05) is 6.54 Å². The minimum Gasteiger partial charge on any atom is -0.392 e. The molecule has 1 saturated carbocycles. The summed E-state index contributed by atoms with van der Waals surface area (Å²) in [7, 11) is 0. The van der Waals surface area contributed by atoms with E-state index in [4.69, 9.17) is 0 Å². The van der Waals surface area contributed by atoms with Gasteiger partial charge in [0.2, 0.25) is 5.91 Å². The Morgan fingerprint density at radius 1 is 1.11 bits per heavy atom. The Bertz CT molecular complexity index is 836. The maximum Gasteiger partial charge on any atom is 0.220 e. The minimum absolute atomic E-state index is 0.0132. The van der Waals surface area contributed by atoms with Crippen molar-refractivity contribution in [1.82, 2.24) is 5.32 Å². The molecular weight excluding hydrogens is 350 g/mol. The lowest BCUT2D eigenvalue weighted by Crippen LogP contribution is -2.29. The second kappa shape index (κ2) is 8.70. The van der Waals surface area contributed by atoms with E-state index in [2.05, 4.69) is 5.32 Å². The largest absolute Gasteiger partial charge is 0.392 e. The smallest absolute Gasteiger partial charge is 0.220 e. The van der Waals surface area contributed by atoms with Gasteiger partial charge >= 0.3 is 0 Å². The molecule has 3 atom stereocenters. The van der Waals surface area contributed by atoms with Gasteiger partial charge in [-0.2, -0.15) is 0 Å². The fourth-order valence-electron chi connectivity index (χ4n) is 4.47.